The second-order valence-corrected chi connectivity index (χ2v) is 5.28. The Morgan fingerprint density at radius 2 is 2.05 bits per heavy atom. The van der Waals surface area contributed by atoms with Crippen molar-refractivity contribution in [1.29, 1.82) is 0 Å². The first-order valence-corrected chi connectivity index (χ1v) is 7.36. The highest BCUT2D eigenvalue weighted by molar-refractivity contribution is 5.82. The summed E-state index contributed by atoms with van der Waals surface area (Å²) in [6, 6.07) is 0. The SMILES string of the molecule is CCOC(=O)C1(c2nc(N(C)CC)no2)CCCCC1. The zero-order valence-corrected chi connectivity index (χ0v) is 12.5. The van der Waals surface area contributed by atoms with Crippen LogP contribution in [-0.4, -0.2) is 36.3 Å². The van der Waals surface area contributed by atoms with Gasteiger partial charge in [0.15, 0.2) is 0 Å². The van der Waals surface area contributed by atoms with Crippen molar-refractivity contribution in [2.45, 2.75) is 51.4 Å². The minimum Gasteiger partial charge on any atom is -0.465 e. The first-order chi connectivity index (χ1) is 9.64. The first-order valence-electron chi connectivity index (χ1n) is 7.36. The topological polar surface area (TPSA) is 68.5 Å². The molecule has 1 aromatic rings. The summed E-state index contributed by atoms with van der Waals surface area (Å²) in [5, 5.41) is 3.98. The highest BCUT2D eigenvalue weighted by atomic mass is 16.5. The van der Waals surface area contributed by atoms with E-state index < -0.39 is 5.41 Å². The molecule has 0 atom stereocenters. The first kappa shape index (κ1) is 14.8. The van der Waals surface area contributed by atoms with Crippen LogP contribution in [0.4, 0.5) is 5.95 Å². The molecule has 20 heavy (non-hydrogen) atoms. The Kier molecular flexibility index (Phi) is 4.62. The summed E-state index contributed by atoms with van der Waals surface area (Å²) in [5.74, 6) is 0.705. The molecule has 0 aromatic carbocycles. The molecule has 0 spiro atoms. The van der Waals surface area contributed by atoms with Gasteiger partial charge in [0.05, 0.1) is 6.61 Å². The largest absolute Gasteiger partial charge is 0.465 e. The Labute approximate surface area is 119 Å². The summed E-state index contributed by atoms with van der Waals surface area (Å²) in [4.78, 5) is 18.7. The van der Waals surface area contributed by atoms with Crippen LogP contribution in [-0.2, 0) is 14.9 Å². The van der Waals surface area contributed by atoms with Crippen LogP contribution in [0.3, 0.4) is 0 Å². The molecule has 0 N–H and O–H groups in total. The summed E-state index contributed by atoms with van der Waals surface area (Å²) in [6.07, 6.45) is 4.56. The lowest BCUT2D eigenvalue weighted by molar-refractivity contribution is -0.152. The molecule has 6 nitrogen and oxygen atoms in total. The van der Waals surface area contributed by atoms with Crippen LogP contribution >= 0.6 is 0 Å². The van der Waals surface area contributed by atoms with Crippen LogP contribution in [0.25, 0.3) is 0 Å². The Bertz CT molecular complexity index is 452. The van der Waals surface area contributed by atoms with Gasteiger partial charge in [0.1, 0.15) is 5.41 Å². The summed E-state index contributed by atoms with van der Waals surface area (Å²) in [7, 11) is 1.90. The third-order valence-corrected chi connectivity index (χ3v) is 4.01. The van der Waals surface area contributed by atoms with E-state index in [9.17, 15) is 4.79 Å². The molecule has 0 aliphatic heterocycles. The third kappa shape index (κ3) is 2.64. The van der Waals surface area contributed by atoms with Gasteiger partial charge in [-0.25, -0.2) is 0 Å². The van der Waals surface area contributed by atoms with Crippen LogP contribution in [0.2, 0.25) is 0 Å². The summed E-state index contributed by atoms with van der Waals surface area (Å²) in [5.41, 5.74) is -0.742. The minimum atomic E-state index is -0.742. The fraction of sp³-hybridized carbons (Fsp3) is 0.786. The molecule has 1 heterocycles. The Hall–Kier alpha value is -1.59. The Morgan fingerprint density at radius 3 is 2.65 bits per heavy atom. The molecule has 1 aromatic heterocycles. The number of ether oxygens (including phenoxy) is 1. The van der Waals surface area contributed by atoms with Crippen molar-refractivity contribution >= 4 is 11.9 Å². The number of hydrogen-bond acceptors (Lipinski definition) is 6. The molecule has 1 fully saturated rings. The van der Waals surface area contributed by atoms with Crippen molar-refractivity contribution in [3.63, 3.8) is 0 Å². The molecule has 1 aliphatic carbocycles. The molecule has 0 saturated heterocycles. The Balaban J connectivity index is 2.31. The third-order valence-electron chi connectivity index (χ3n) is 4.01. The van der Waals surface area contributed by atoms with Crippen LogP contribution in [0, 0.1) is 0 Å². The highest BCUT2D eigenvalue weighted by Crippen LogP contribution is 2.40. The second kappa shape index (κ2) is 6.24. The highest BCUT2D eigenvalue weighted by Gasteiger charge is 2.47. The van der Waals surface area contributed by atoms with Crippen LogP contribution in [0.5, 0.6) is 0 Å². The number of anilines is 1. The molecule has 112 valence electrons. The number of carbonyl (C=O) groups excluding carboxylic acids is 1. The number of nitrogens with zero attached hydrogens (tertiary/aromatic N) is 3. The molecule has 0 bridgehead atoms. The van der Waals surface area contributed by atoms with E-state index in [1.807, 2.05) is 25.8 Å². The van der Waals surface area contributed by atoms with Gasteiger partial charge in [0.2, 0.25) is 5.89 Å². The van der Waals surface area contributed by atoms with E-state index in [0.717, 1.165) is 38.6 Å². The van der Waals surface area contributed by atoms with Crippen LogP contribution in [0.1, 0.15) is 51.8 Å². The molecule has 0 amide bonds. The van der Waals surface area contributed by atoms with E-state index in [2.05, 4.69) is 10.1 Å². The zero-order chi connectivity index (χ0) is 14.6. The average molecular weight is 281 g/mol. The van der Waals surface area contributed by atoms with Gasteiger partial charge in [0.25, 0.3) is 5.95 Å². The van der Waals surface area contributed by atoms with Gasteiger partial charge in [-0.15, -0.1) is 0 Å². The maximum absolute atomic E-state index is 12.4. The molecule has 1 saturated carbocycles. The molecular formula is C14H23N3O3. The Morgan fingerprint density at radius 1 is 1.35 bits per heavy atom. The van der Waals surface area contributed by atoms with E-state index in [0.29, 0.717) is 18.4 Å². The van der Waals surface area contributed by atoms with E-state index in [1.165, 1.54) is 0 Å². The molecule has 1 aliphatic rings. The van der Waals surface area contributed by atoms with Crippen molar-refractivity contribution in [2.75, 3.05) is 25.1 Å². The predicted molar refractivity (Wildman–Crippen MR) is 74.6 cm³/mol. The molecule has 0 unspecified atom stereocenters. The van der Waals surface area contributed by atoms with Crippen molar-refractivity contribution in [2.24, 2.45) is 0 Å². The predicted octanol–water partition coefficient (Wildman–Crippen LogP) is 2.29. The number of esters is 1. The lowest BCUT2D eigenvalue weighted by atomic mass is 9.74. The van der Waals surface area contributed by atoms with Gasteiger partial charge in [-0.1, -0.05) is 19.3 Å². The van der Waals surface area contributed by atoms with Gasteiger partial charge in [-0.3, -0.25) is 4.79 Å². The monoisotopic (exact) mass is 281 g/mol. The lowest BCUT2D eigenvalue weighted by Gasteiger charge is -2.31. The van der Waals surface area contributed by atoms with Crippen molar-refractivity contribution in [3.05, 3.63) is 5.89 Å². The van der Waals surface area contributed by atoms with Crippen molar-refractivity contribution in [1.82, 2.24) is 10.1 Å². The van der Waals surface area contributed by atoms with Crippen LogP contribution in [0.15, 0.2) is 4.52 Å². The number of rotatable bonds is 5. The van der Waals surface area contributed by atoms with Gasteiger partial charge >= 0.3 is 5.97 Å². The fourth-order valence-electron chi connectivity index (χ4n) is 2.64. The molecule has 6 heteroatoms. The van der Waals surface area contributed by atoms with Crippen LogP contribution < -0.4 is 4.90 Å². The van der Waals surface area contributed by atoms with E-state index in [-0.39, 0.29) is 5.97 Å². The number of hydrogen-bond donors (Lipinski definition) is 0. The van der Waals surface area contributed by atoms with E-state index in [4.69, 9.17) is 9.26 Å². The van der Waals surface area contributed by atoms with E-state index in [1.54, 1.807) is 0 Å². The van der Waals surface area contributed by atoms with Gasteiger partial charge < -0.3 is 14.2 Å². The number of carbonyl (C=O) groups is 1. The van der Waals surface area contributed by atoms with Crippen molar-refractivity contribution < 1.29 is 14.1 Å². The van der Waals surface area contributed by atoms with E-state index >= 15 is 0 Å². The minimum absolute atomic E-state index is 0.228. The summed E-state index contributed by atoms with van der Waals surface area (Å²) in [6.45, 7) is 4.98. The standard InChI is InChI=1S/C14H23N3O3/c1-4-17(3)13-15-11(20-16-13)14(12(18)19-5-2)9-7-6-8-10-14/h4-10H2,1-3H3. The summed E-state index contributed by atoms with van der Waals surface area (Å²) >= 11 is 0. The van der Waals surface area contributed by atoms with Gasteiger partial charge in [-0.05, 0) is 31.8 Å². The molecule has 0 radical (unpaired) electrons. The summed E-state index contributed by atoms with van der Waals surface area (Å²) < 4.78 is 10.6. The zero-order valence-electron chi connectivity index (χ0n) is 12.5. The smallest absolute Gasteiger partial charge is 0.321 e. The normalized spacial score (nSPS) is 17.8. The molecular weight excluding hydrogens is 258 g/mol. The quantitative estimate of drug-likeness (QED) is 0.771. The van der Waals surface area contributed by atoms with Gasteiger partial charge in [-0.2, -0.15) is 4.98 Å². The maximum Gasteiger partial charge on any atom is 0.321 e. The van der Waals surface area contributed by atoms with Gasteiger partial charge in [0, 0.05) is 13.6 Å². The maximum atomic E-state index is 12.4. The average Bonchev–Trinajstić information content (AvgIpc) is 2.97. The van der Waals surface area contributed by atoms with Crippen molar-refractivity contribution in [3.8, 4) is 0 Å². The fourth-order valence-corrected chi connectivity index (χ4v) is 2.64. The second-order valence-electron chi connectivity index (χ2n) is 5.28. The molecule has 2 rings (SSSR count). The lowest BCUT2D eigenvalue weighted by Crippen LogP contribution is -2.40. The number of aromatic nitrogens is 2.